The SMILES string of the molecule is CCSc1nc([O-])c2[n+](n1)C(c1cccn1C(C)=O)N(C(C)=O)c1ccccc1-2. The Labute approximate surface area is 171 Å². The van der Waals surface area contributed by atoms with Gasteiger partial charge in [-0.05, 0) is 30.0 Å². The van der Waals surface area contributed by atoms with Crippen molar-refractivity contribution in [3.05, 3.63) is 48.3 Å². The van der Waals surface area contributed by atoms with E-state index in [1.165, 1.54) is 34.9 Å². The fourth-order valence-corrected chi connectivity index (χ4v) is 4.18. The van der Waals surface area contributed by atoms with E-state index in [0.717, 1.165) is 0 Å². The maximum Gasteiger partial charge on any atom is 0.308 e. The minimum Gasteiger partial charge on any atom is -0.854 e. The van der Waals surface area contributed by atoms with Crippen molar-refractivity contribution in [3.63, 3.8) is 0 Å². The van der Waals surface area contributed by atoms with Gasteiger partial charge in [0, 0.05) is 25.1 Å². The van der Waals surface area contributed by atoms with Crippen molar-refractivity contribution >= 4 is 29.3 Å². The maximum absolute atomic E-state index is 13.0. The third-order valence-electron chi connectivity index (χ3n) is 4.71. The summed E-state index contributed by atoms with van der Waals surface area (Å²) in [5, 5.41) is 17.9. The summed E-state index contributed by atoms with van der Waals surface area (Å²) in [5.74, 6) is -0.153. The van der Waals surface area contributed by atoms with E-state index in [9.17, 15) is 14.7 Å². The second-order valence-corrected chi connectivity index (χ2v) is 7.76. The van der Waals surface area contributed by atoms with Gasteiger partial charge in [-0.1, -0.05) is 35.5 Å². The molecule has 1 atom stereocenters. The summed E-state index contributed by atoms with van der Waals surface area (Å²) in [4.78, 5) is 30.6. The molecular formula is C20H19N5O3S. The van der Waals surface area contributed by atoms with Crippen LogP contribution < -0.4 is 14.7 Å². The summed E-state index contributed by atoms with van der Waals surface area (Å²) in [6.45, 7) is 4.84. The maximum atomic E-state index is 13.0. The van der Waals surface area contributed by atoms with Crippen molar-refractivity contribution in [1.29, 1.82) is 0 Å². The Bertz CT molecular complexity index is 1130. The second kappa shape index (κ2) is 7.32. The van der Waals surface area contributed by atoms with Crippen LogP contribution in [0.15, 0.2) is 47.8 Å². The van der Waals surface area contributed by atoms with Crippen molar-refractivity contribution in [3.8, 4) is 17.1 Å². The molecule has 8 nitrogen and oxygen atoms in total. The first kappa shape index (κ1) is 19.1. The first-order valence-corrected chi connectivity index (χ1v) is 10.1. The Balaban J connectivity index is 2.08. The Kier molecular flexibility index (Phi) is 4.83. The number of carbonyl (C=O) groups is 2. The molecule has 0 aliphatic carbocycles. The number of benzene rings is 1. The molecule has 1 aliphatic rings. The monoisotopic (exact) mass is 409 g/mol. The molecule has 148 valence electrons. The molecule has 1 amide bonds. The number of para-hydroxylation sites is 1. The standard InChI is InChI=1S/C20H19N5O3S/c1-4-29-20-21-18(28)17-14-8-5-6-9-15(14)24(13(3)27)19(25(17)22-20)16-10-7-11-23(16)12(2)26/h5-11,19H,4H2,1-3H3. The molecule has 2 aromatic heterocycles. The van der Waals surface area contributed by atoms with E-state index in [1.54, 1.807) is 47.5 Å². The zero-order valence-electron chi connectivity index (χ0n) is 16.2. The summed E-state index contributed by atoms with van der Waals surface area (Å²) in [6, 6.07) is 10.6. The molecule has 9 heteroatoms. The van der Waals surface area contributed by atoms with Gasteiger partial charge in [0.05, 0.1) is 17.1 Å². The molecule has 0 spiro atoms. The third-order valence-corrected chi connectivity index (χ3v) is 5.43. The van der Waals surface area contributed by atoms with Crippen LogP contribution in [0.3, 0.4) is 0 Å². The van der Waals surface area contributed by atoms with Gasteiger partial charge in [0.1, 0.15) is 5.69 Å². The number of aromatic nitrogens is 4. The zero-order chi connectivity index (χ0) is 20.7. The third kappa shape index (κ3) is 3.07. The van der Waals surface area contributed by atoms with Crippen molar-refractivity contribution in [2.75, 3.05) is 10.7 Å². The Morgan fingerprint density at radius 1 is 1.17 bits per heavy atom. The highest BCUT2D eigenvalue weighted by molar-refractivity contribution is 7.99. The first-order valence-electron chi connectivity index (χ1n) is 9.15. The van der Waals surface area contributed by atoms with Crippen LogP contribution >= 0.6 is 11.8 Å². The number of anilines is 1. The average Bonchev–Trinajstić information content (AvgIpc) is 3.16. The van der Waals surface area contributed by atoms with Gasteiger partial charge >= 0.3 is 6.17 Å². The number of hydrogen-bond acceptors (Lipinski definition) is 6. The number of amides is 1. The summed E-state index contributed by atoms with van der Waals surface area (Å²) < 4.78 is 2.98. The molecule has 0 N–H and O–H groups in total. The molecule has 3 heterocycles. The molecule has 1 aromatic carbocycles. The van der Waals surface area contributed by atoms with Crippen LogP contribution in [-0.2, 0) is 4.79 Å². The van der Waals surface area contributed by atoms with Crippen LogP contribution in [0.25, 0.3) is 11.3 Å². The van der Waals surface area contributed by atoms with Crippen LogP contribution in [0.1, 0.15) is 37.4 Å². The Morgan fingerprint density at radius 2 is 1.93 bits per heavy atom. The minimum absolute atomic E-state index is 0.200. The number of hydrogen-bond donors (Lipinski definition) is 0. The van der Waals surface area contributed by atoms with Crippen molar-refractivity contribution in [2.24, 2.45) is 0 Å². The van der Waals surface area contributed by atoms with E-state index in [-0.39, 0.29) is 11.8 Å². The highest BCUT2D eigenvalue weighted by atomic mass is 32.2. The molecule has 29 heavy (non-hydrogen) atoms. The van der Waals surface area contributed by atoms with Crippen LogP contribution in [0.4, 0.5) is 5.69 Å². The number of rotatable bonds is 3. The lowest BCUT2D eigenvalue weighted by atomic mass is 10.0. The van der Waals surface area contributed by atoms with Gasteiger partial charge in [-0.25, -0.2) is 9.88 Å². The predicted molar refractivity (Wildman–Crippen MR) is 106 cm³/mol. The fourth-order valence-electron chi connectivity index (χ4n) is 3.62. The van der Waals surface area contributed by atoms with Gasteiger partial charge in [-0.2, -0.15) is 0 Å². The van der Waals surface area contributed by atoms with Crippen LogP contribution in [-0.4, -0.2) is 32.2 Å². The smallest absolute Gasteiger partial charge is 0.308 e. The van der Waals surface area contributed by atoms with Gasteiger partial charge in [-0.3, -0.25) is 14.2 Å². The van der Waals surface area contributed by atoms with Gasteiger partial charge in [0.15, 0.2) is 0 Å². The van der Waals surface area contributed by atoms with Crippen molar-refractivity contribution < 1.29 is 19.4 Å². The molecule has 1 unspecified atom stereocenters. The fraction of sp³-hybridized carbons (Fsp3) is 0.250. The molecule has 0 saturated carbocycles. The number of thioether (sulfide) groups is 1. The van der Waals surface area contributed by atoms with Gasteiger partial charge in [-0.15, -0.1) is 0 Å². The number of fused-ring (bicyclic) bond motifs is 3. The lowest BCUT2D eigenvalue weighted by molar-refractivity contribution is -0.764. The minimum atomic E-state index is -0.789. The summed E-state index contributed by atoms with van der Waals surface area (Å²) in [6.07, 6.45) is 0.848. The molecule has 1 aliphatic heterocycles. The first-order chi connectivity index (χ1) is 13.9. The summed E-state index contributed by atoms with van der Waals surface area (Å²) >= 11 is 1.34. The quantitative estimate of drug-likeness (QED) is 0.485. The number of nitrogens with zero attached hydrogens (tertiary/aromatic N) is 5. The topological polar surface area (TPSA) is 95.0 Å². The zero-order valence-corrected chi connectivity index (χ0v) is 17.0. The molecular weight excluding hydrogens is 390 g/mol. The van der Waals surface area contributed by atoms with Crippen molar-refractivity contribution in [1.82, 2.24) is 14.6 Å². The van der Waals surface area contributed by atoms with E-state index in [4.69, 9.17) is 0 Å². The summed E-state index contributed by atoms with van der Waals surface area (Å²) in [7, 11) is 0. The van der Waals surface area contributed by atoms with Crippen LogP contribution in [0.5, 0.6) is 5.88 Å². The molecule has 0 saturated heterocycles. The van der Waals surface area contributed by atoms with Gasteiger partial charge in [0.25, 0.3) is 10.9 Å². The predicted octanol–water partition coefficient (Wildman–Crippen LogP) is 1.99. The Morgan fingerprint density at radius 3 is 2.62 bits per heavy atom. The molecule has 0 bridgehead atoms. The molecule has 0 radical (unpaired) electrons. The Hall–Kier alpha value is -3.20. The highest BCUT2D eigenvalue weighted by Gasteiger charge is 2.45. The van der Waals surface area contributed by atoms with E-state index in [1.807, 2.05) is 6.92 Å². The average molecular weight is 409 g/mol. The van der Waals surface area contributed by atoms with Gasteiger partial charge < -0.3 is 5.11 Å². The van der Waals surface area contributed by atoms with Crippen LogP contribution in [0, 0.1) is 0 Å². The largest absolute Gasteiger partial charge is 0.854 e. The highest BCUT2D eigenvalue weighted by Crippen LogP contribution is 2.40. The molecule has 4 rings (SSSR count). The van der Waals surface area contributed by atoms with E-state index < -0.39 is 12.0 Å². The lowest BCUT2D eigenvalue weighted by Crippen LogP contribution is -2.59. The molecule has 0 fully saturated rings. The second-order valence-electron chi connectivity index (χ2n) is 6.53. The van der Waals surface area contributed by atoms with Crippen molar-refractivity contribution in [2.45, 2.75) is 32.1 Å². The summed E-state index contributed by atoms with van der Waals surface area (Å²) in [5.41, 5.74) is 2.00. The lowest BCUT2D eigenvalue weighted by Gasteiger charge is -2.32. The van der Waals surface area contributed by atoms with Gasteiger partial charge in [0.2, 0.25) is 11.8 Å². The molecule has 3 aromatic rings. The van der Waals surface area contributed by atoms with E-state index in [0.29, 0.717) is 33.5 Å². The van der Waals surface area contributed by atoms with E-state index >= 15 is 0 Å². The number of carbonyl (C=O) groups excluding carboxylic acids is 2. The van der Waals surface area contributed by atoms with E-state index in [2.05, 4.69) is 10.1 Å². The van der Waals surface area contributed by atoms with Crippen LogP contribution in [0.2, 0.25) is 0 Å². The normalized spacial score (nSPS) is 15.0.